The minimum atomic E-state index is -0.740. The second-order valence-corrected chi connectivity index (χ2v) is 6.89. The number of carbonyl (C=O) groups excluding carboxylic acids is 3. The number of hydrogen-bond acceptors (Lipinski definition) is 3. The molecule has 0 fully saturated rings. The van der Waals surface area contributed by atoms with E-state index in [1.54, 1.807) is 0 Å². The number of carbonyl (C=O) groups is 3. The van der Waals surface area contributed by atoms with Gasteiger partial charge in [-0.2, -0.15) is 0 Å². The third-order valence-corrected chi connectivity index (χ3v) is 4.38. The zero-order valence-corrected chi connectivity index (χ0v) is 17.3. The van der Waals surface area contributed by atoms with Crippen molar-refractivity contribution in [1.82, 2.24) is 16.0 Å². The summed E-state index contributed by atoms with van der Waals surface area (Å²) >= 11 is 0. The molecule has 0 heterocycles. The van der Waals surface area contributed by atoms with Crippen LogP contribution in [0.4, 0.5) is 0 Å². The molecule has 3 amide bonds. The fourth-order valence-electron chi connectivity index (χ4n) is 2.75. The topological polar surface area (TPSA) is 87.3 Å². The van der Waals surface area contributed by atoms with E-state index < -0.39 is 11.9 Å². The van der Waals surface area contributed by atoms with Gasteiger partial charge in [0.05, 0.1) is 6.54 Å². The molecule has 0 saturated carbocycles. The van der Waals surface area contributed by atoms with Gasteiger partial charge in [-0.15, -0.1) is 0 Å². The highest BCUT2D eigenvalue weighted by Gasteiger charge is 2.19. The summed E-state index contributed by atoms with van der Waals surface area (Å²) in [6.07, 6.45) is 0.794. The minimum Gasteiger partial charge on any atom is -0.350 e. The molecule has 2 aromatic rings. The van der Waals surface area contributed by atoms with Crippen LogP contribution in [0.5, 0.6) is 0 Å². The lowest BCUT2D eigenvalue weighted by Gasteiger charge is -2.16. The lowest BCUT2D eigenvalue weighted by molar-refractivity contribution is -0.129. The van der Waals surface area contributed by atoms with Crippen LogP contribution in [0.3, 0.4) is 0 Å². The lowest BCUT2D eigenvalue weighted by Crippen LogP contribution is -2.48. The van der Waals surface area contributed by atoms with Crippen molar-refractivity contribution in [2.45, 2.75) is 39.3 Å². The van der Waals surface area contributed by atoms with Crippen molar-refractivity contribution in [3.63, 3.8) is 0 Å². The van der Waals surface area contributed by atoms with E-state index in [-0.39, 0.29) is 18.4 Å². The van der Waals surface area contributed by atoms with Crippen molar-refractivity contribution < 1.29 is 14.4 Å². The second-order valence-electron chi connectivity index (χ2n) is 6.89. The van der Waals surface area contributed by atoms with Crippen molar-refractivity contribution in [2.24, 2.45) is 0 Å². The van der Waals surface area contributed by atoms with Gasteiger partial charge < -0.3 is 16.0 Å². The first-order valence-corrected chi connectivity index (χ1v) is 9.85. The summed E-state index contributed by atoms with van der Waals surface area (Å²) in [7, 11) is 0. The van der Waals surface area contributed by atoms with E-state index in [2.05, 4.69) is 27.8 Å². The predicted octanol–water partition coefficient (Wildman–Crippen LogP) is 2.06. The van der Waals surface area contributed by atoms with Crippen LogP contribution >= 0.6 is 0 Å². The number of benzene rings is 2. The molecule has 2 aromatic carbocycles. The first kappa shape index (κ1) is 22.7. The van der Waals surface area contributed by atoms with Gasteiger partial charge in [0.2, 0.25) is 17.7 Å². The smallest absolute Gasteiger partial charge is 0.243 e. The summed E-state index contributed by atoms with van der Waals surface area (Å²) in [6.45, 7) is 3.57. The van der Waals surface area contributed by atoms with E-state index in [9.17, 15) is 14.4 Å². The van der Waals surface area contributed by atoms with Gasteiger partial charge in [-0.05, 0) is 30.5 Å². The van der Waals surface area contributed by atoms with Gasteiger partial charge in [-0.3, -0.25) is 14.4 Å². The highest BCUT2D eigenvalue weighted by Crippen LogP contribution is 2.05. The van der Waals surface area contributed by atoms with Crippen molar-refractivity contribution in [3.8, 4) is 11.8 Å². The van der Waals surface area contributed by atoms with E-state index >= 15 is 0 Å². The summed E-state index contributed by atoms with van der Waals surface area (Å²) in [5.41, 5.74) is 3.00. The first-order valence-electron chi connectivity index (χ1n) is 9.85. The van der Waals surface area contributed by atoms with Gasteiger partial charge in [0.25, 0.3) is 0 Å². The minimum absolute atomic E-state index is 0.156. The number of hydrogen-bond donors (Lipinski definition) is 3. The first-order chi connectivity index (χ1) is 14.5. The molecule has 3 N–H and O–H groups in total. The Labute approximate surface area is 177 Å². The van der Waals surface area contributed by atoms with E-state index in [4.69, 9.17) is 0 Å². The lowest BCUT2D eigenvalue weighted by atomic mass is 10.1. The highest BCUT2D eigenvalue weighted by molar-refractivity contribution is 5.90. The Hall–Kier alpha value is -3.59. The molecule has 0 aromatic heterocycles. The second kappa shape index (κ2) is 12.1. The molecule has 30 heavy (non-hydrogen) atoms. The molecule has 2 rings (SSSR count). The number of rotatable bonds is 8. The predicted molar refractivity (Wildman–Crippen MR) is 116 cm³/mol. The molecule has 0 saturated heterocycles. The Bertz CT molecular complexity index is 929. The van der Waals surface area contributed by atoms with Crippen LogP contribution in [-0.2, 0) is 20.9 Å². The van der Waals surface area contributed by atoms with Crippen LogP contribution in [-0.4, -0.2) is 30.3 Å². The zero-order chi connectivity index (χ0) is 21.8. The normalized spacial score (nSPS) is 10.9. The molecule has 0 unspecified atom stereocenters. The summed E-state index contributed by atoms with van der Waals surface area (Å²) < 4.78 is 0. The van der Waals surface area contributed by atoms with Crippen LogP contribution in [0.25, 0.3) is 0 Å². The Morgan fingerprint density at radius 1 is 0.967 bits per heavy atom. The van der Waals surface area contributed by atoms with E-state index in [0.29, 0.717) is 19.4 Å². The van der Waals surface area contributed by atoms with Crippen LogP contribution in [0, 0.1) is 18.8 Å². The highest BCUT2D eigenvalue weighted by atomic mass is 16.2. The fraction of sp³-hybridized carbons (Fsp3) is 0.292. The maximum atomic E-state index is 12.4. The van der Waals surface area contributed by atoms with Crippen molar-refractivity contribution in [3.05, 3.63) is 71.3 Å². The monoisotopic (exact) mass is 405 g/mol. The Morgan fingerprint density at radius 2 is 1.67 bits per heavy atom. The van der Waals surface area contributed by atoms with Gasteiger partial charge in [0.15, 0.2) is 0 Å². The fourth-order valence-corrected chi connectivity index (χ4v) is 2.75. The summed E-state index contributed by atoms with van der Waals surface area (Å²) in [4.78, 5) is 35.8. The summed E-state index contributed by atoms with van der Waals surface area (Å²) in [6, 6.07) is 16.6. The number of aryl methyl sites for hydroxylation is 1. The molecule has 1 atom stereocenters. The van der Waals surface area contributed by atoms with Crippen molar-refractivity contribution in [2.75, 3.05) is 6.54 Å². The van der Waals surface area contributed by atoms with E-state index in [0.717, 1.165) is 16.7 Å². The standard InChI is InChI=1S/C24H27N3O3/c1-18-10-6-7-13-21(18)14-8-9-15-22(27-19(2)28)24(30)26-17-23(29)25-16-20-11-4-3-5-12-20/h3-7,10-13,22H,9,15-17H2,1-2H3,(H,25,29)(H,26,30)(H,27,28)/t22-/m0/s1. The van der Waals surface area contributed by atoms with Gasteiger partial charge in [0, 0.05) is 25.5 Å². The van der Waals surface area contributed by atoms with Crippen molar-refractivity contribution in [1.29, 1.82) is 0 Å². The largest absolute Gasteiger partial charge is 0.350 e. The van der Waals surface area contributed by atoms with E-state index in [1.807, 2.05) is 61.5 Å². The van der Waals surface area contributed by atoms with Gasteiger partial charge in [-0.1, -0.05) is 60.4 Å². The Kier molecular flexibility index (Phi) is 9.14. The molecule has 156 valence electrons. The van der Waals surface area contributed by atoms with Crippen LogP contribution in [0.1, 0.15) is 36.5 Å². The molecule has 0 radical (unpaired) electrons. The van der Waals surface area contributed by atoms with E-state index in [1.165, 1.54) is 6.92 Å². The quantitative estimate of drug-likeness (QED) is 0.588. The molecule has 0 spiro atoms. The molecule has 0 aliphatic rings. The Morgan fingerprint density at radius 3 is 2.37 bits per heavy atom. The maximum Gasteiger partial charge on any atom is 0.243 e. The van der Waals surface area contributed by atoms with Gasteiger partial charge >= 0.3 is 0 Å². The maximum absolute atomic E-state index is 12.4. The number of nitrogens with one attached hydrogen (secondary N) is 3. The average molecular weight is 405 g/mol. The molecular formula is C24H27N3O3. The zero-order valence-electron chi connectivity index (χ0n) is 17.3. The van der Waals surface area contributed by atoms with Crippen molar-refractivity contribution >= 4 is 17.7 Å². The van der Waals surface area contributed by atoms with Crippen LogP contribution in [0.15, 0.2) is 54.6 Å². The van der Waals surface area contributed by atoms with Gasteiger partial charge in [-0.25, -0.2) is 0 Å². The molecule has 0 aliphatic heterocycles. The average Bonchev–Trinajstić information content (AvgIpc) is 2.74. The Balaban J connectivity index is 1.82. The van der Waals surface area contributed by atoms with Crippen LogP contribution in [0.2, 0.25) is 0 Å². The summed E-state index contributed by atoms with van der Waals surface area (Å²) in [5.74, 6) is 5.12. The third-order valence-electron chi connectivity index (χ3n) is 4.38. The SMILES string of the molecule is CC(=O)N[C@@H](CCC#Cc1ccccc1C)C(=O)NCC(=O)NCc1ccccc1. The molecule has 0 aliphatic carbocycles. The molecule has 6 nitrogen and oxygen atoms in total. The molecule has 6 heteroatoms. The van der Waals surface area contributed by atoms with Crippen LogP contribution < -0.4 is 16.0 Å². The number of amides is 3. The van der Waals surface area contributed by atoms with Gasteiger partial charge in [0.1, 0.15) is 6.04 Å². The molecule has 0 bridgehead atoms. The summed E-state index contributed by atoms with van der Waals surface area (Å²) in [5, 5.41) is 7.95. The third kappa shape index (κ3) is 8.19. The molecular weight excluding hydrogens is 378 g/mol.